The Morgan fingerprint density at radius 3 is 1.45 bits per heavy atom. The van der Waals surface area contributed by atoms with E-state index in [0.717, 1.165) is 111 Å². The molecule has 4 heteroatoms. The zero-order valence-electron chi connectivity index (χ0n) is 33.5. The monoisotopic (exact) mass is 792 g/mol. The van der Waals surface area contributed by atoms with Crippen LogP contribution in [0.1, 0.15) is 0 Å². The zero-order chi connectivity index (χ0) is 41.0. The van der Waals surface area contributed by atoms with Crippen molar-refractivity contribution in [2.75, 3.05) is 0 Å². The molecule has 290 valence electrons. The van der Waals surface area contributed by atoms with Gasteiger partial charge in [-0.2, -0.15) is 0 Å². The third-order valence-electron chi connectivity index (χ3n) is 12.0. The van der Waals surface area contributed by atoms with Gasteiger partial charge in [-0.1, -0.05) is 170 Å². The quantitative estimate of drug-likeness (QED) is 0.161. The highest BCUT2D eigenvalue weighted by atomic mass is 16.3. The minimum atomic E-state index is 0.847. The molecule has 4 heterocycles. The molecular weight excluding hydrogens is 757 g/mol. The van der Waals surface area contributed by atoms with Crippen LogP contribution >= 0.6 is 0 Å². The summed E-state index contributed by atoms with van der Waals surface area (Å²) < 4.78 is 13.2. The molecule has 0 amide bonds. The molecule has 0 N–H and O–H groups in total. The van der Waals surface area contributed by atoms with Crippen molar-refractivity contribution >= 4 is 43.9 Å². The van der Waals surface area contributed by atoms with E-state index >= 15 is 0 Å². The lowest BCUT2D eigenvalue weighted by atomic mass is 9.96. The minimum Gasteiger partial charge on any atom is -0.456 e. The molecular formula is C58H36N2O2. The van der Waals surface area contributed by atoms with Crippen LogP contribution < -0.4 is 0 Å². The molecule has 62 heavy (non-hydrogen) atoms. The second kappa shape index (κ2) is 14.7. The summed E-state index contributed by atoms with van der Waals surface area (Å²) in [4.78, 5) is 9.57. The Morgan fingerprint density at radius 1 is 0.290 bits per heavy atom. The van der Waals surface area contributed by atoms with Crippen molar-refractivity contribution in [2.45, 2.75) is 0 Å². The molecule has 4 nitrogen and oxygen atoms in total. The predicted octanol–water partition coefficient (Wildman–Crippen LogP) is 15.9. The largest absolute Gasteiger partial charge is 0.456 e. The maximum atomic E-state index is 6.84. The highest BCUT2D eigenvalue weighted by molar-refractivity contribution is 6.13. The molecule has 0 fully saturated rings. The zero-order valence-corrected chi connectivity index (χ0v) is 33.5. The molecule has 0 aliphatic carbocycles. The van der Waals surface area contributed by atoms with Crippen LogP contribution in [0.5, 0.6) is 0 Å². The van der Waals surface area contributed by atoms with Gasteiger partial charge in [0.2, 0.25) is 0 Å². The molecule has 12 aromatic rings. The van der Waals surface area contributed by atoms with E-state index in [-0.39, 0.29) is 0 Å². The van der Waals surface area contributed by atoms with Crippen LogP contribution in [-0.4, -0.2) is 9.97 Å². The van der Waals surface area contributed by atoms with Crippen LogP contribution in [0.2, 0.25) is 0 Å². The summed E-state index contributed by atoms with van der Waals surface area (Å²) in [5.41, 5.74) is 18.4. The normalized spacial score (nSPS) is 11.5. The van der Waals surface area contributed by atoms with Crippen LogP contribution in [0, 0.1) is 0 Å². The molecule has 8 aromatic carbocycles. The second-order valence-electron chi connectivity index (χ2n) is 15.7. The van der Waals surface area contributed by atoms with Gasteiger partial charge in [0.25, 0.3) is 0 Å². The minimum absolute atomic E-state index is 0.847. The number of benzene rings is 8. The summed E-state index contributed by atoms with van der Waals surface area (Å²) in [5.74, 6) is 0. The first-order valence-electron chi connectivity index (χ1n) is 20.9. The van der Waals surface area contributed by atoms with Crippen molar-refractivity contribution in [1.29, 1.82) is 0 Å². The molecule has 0 aliphatic heterocycles. The van der Waals surface area contributed by atoms with E-state index in [1.54, 1.807) is 6.20 Å². The van der Waals surface area contributed by atoms with Crippen molar-refractivity contribution in [3.8, 4) is 78.1 Å². The highest BCUT2D eigenvalue weighted by Crippen LogP contribution is 2.41. The Balaban J connectivity index is 0.926. The van der Waals surface area contributed by atoms with Crippen molar-refractivity contribution in [3.63, 3.8) is 0 Å². The summed E-state index contributed by atoms with van der Waals surface area (Å²) >= 11 is 0. The van der Waals surface area contributed by atoms with Gasteiger partial charge in [-0.05, 0) is 80.9 Å². The Morgan fingerprint density at radius 2 is 0.790 bits per heavy atom. The number of hydrogen-bond acceptors (Lipinski definition) is 4. The third-order valence-corrected chi connectivity index (χ3v) is 12.0. The van der Waals surface area contributed by atoms with Crippen molar-refractivity contribution in [3.05, 3.63) is 219 Å². The van der Waals surface area contributed by atoms with E-state index in [4.69, 9.17) is 13.8 Å². The first-order chi connectivity index (χ1) is 30.7. The van der Waals surface area contributed by atoms with Crippen molar-refractivity contribution < 1.29 is 8.83 Å². The maximum absolute atomic E-state index is 6.84. The van der Waals surface area contributed by atoms with E-state index in [2.05, 4.69) is 187 Å². The maximum Gasteiger partial charge on any atom is 0.143 e. The van der Waals surface area contributed by atoms with Crippen molar-refractivity contribution in [2.24, 2.45) is 0 Å². The fourth-order valence-corrected chi connectivity index (χ4v) is 8.84. The van der Waals surface area contributed by atoms with Gasteiger partial charge < -0.3 is 8.83 Å². The van der Waals surface area contributed by atoms with Crippen LogP contribution in [0.25, 0.3) is 122 Å². The Hall–Kier alpha value is -8.34. The van der Waals surface area contributed by atoms with Gasteiger partial charge in [0, 0.05) is 56.2 Å². The lowest BCUT2D eigenvalue weighted by molar-refractivity contribution is 0.669. The van der Waals surface area contributed by atoms with Gasteiger partial charge in [-0.3, -0.25) is 4.98 Å². The Labute approximate surface area is 358 Å². The van der Waals surface area contributed by atoms with Crippen LogP contribution in [0.4, 0.5) is 0 Å². The molecule has 0 bridgehead atoms. The molecule has 0 atom stereocenters. The van der Waals surface area contributed by atoms with Gasteiger partial charge in [0.05, 0.1) is 11.4 Å². The first kappa shape index (κ1) is 35.6. The summed E-state index contributed by atoms with van der Waals surface area (Å²) in [5, 5.41) is 4.40. The number of pyridine rings is 2. The first-order valence-corrected chi connectivity index (χ1v) is 20.9. The van der Waals surface area contributed by atoms with E-state index in [9.17, 15) is 0 Å². The SMILES string of the molecule is c1ccc(-c2ccc(-c3cc(-c4ccc(-c5cccc6c5oc5c(-c7ccc(-c8cccnc8)cc7)cccc56)cc4)cc(-c4ccc5c(c4)oc4ccccc45)n3)cc2)cc1. The van der Waals surface area contributed by atoms with Gasteiger partial charge in [-0.25, -0.2) is 4.98 Å². The lowest BCUT2D eigenvalue weighted by Crippen LogP contribution is -1.92. The number of rotatable bonds is 7. The summed E-state index contributed by atoms with van der Waals surface area (Å²) in [6.07, 6.45) is 3.69. The smallest absolute Gasteiger partial charge is 0.143 e. The number of furan rings is 2. The Kier molecular flexibility index (Phi) is 8.46. The van der Waals surface area contributed by atoms with Crippen molar-refractivity contribution in [1.82, 2.24) is 9.97 Å². The summed E-state index contributed by atoms with van der Waals surface area (Å²) in [7, 11) is 0. The fourth-order valence-electron chi connectivity index (χ4n) is 8.84. The molecule has 12 rings (SSSR count). The standard InChI is InChI=1S/C58H36N2O2/c1-2-9-37(10-3-1)38-22-28-43(29-23-38)53-33-46(34-54(60-53)44-30-31-50-49-12-4-5-17-55(49)61-56(50)35-44)40-20-26-42(27-21-40)48-14-7-16-52-51-15-6-13-47(57(51)62-58(48)52)41-24-18-39(19-25-41)45-11-8-32-59-36-45/h1-36H. The predicted molar refractivity (Wildman–Crippen MR) is 255 cm³/mol. The number of para-hydroxylation sites is 3. The fraction of sp³-hybridized carbons (Fsp3) is 0. The summed E-state index contributed by atoms with van der Waals surface area (Å²) in [6, 6.07) is 72.5. The Bertz CT molecular complexity index is 3590. The van der Waals surface area contributed by atoms with Gasteiger partial charge in [0.1, 0.15) is 22.3 Å². The van der Waals surface area contributed by atoms with Crippen LogP contribution in [-0.2, 0) is 0 Å². The molecule has 0 spiro atoms. The average molecular weight is 793 g/mol. The van der Waals surface area contributed by atoms with E-state index < -0.39 is 0 Å². The number of aromatic nitrogens is 2. The number of fused-ring (bicyclic) bond motifs is 6. The third kappa shape index (κ3) is 6.25. The summed E-state index contributed by atoms with van der Waals surface area (Å²) in [6.45, 7) is 0. The molecule has 0 saturated heterocycles. The van der Waals surface area contributed by atoms with Gasteiger partial charge in [-0.15, -0.1) is 0 Å². The molecule has 0 unspecified atom stereocenters. The van der Waals surface area contributed by atoms with Gasteiger partial charge >= 0.3 is 0 Å². The number of nitrogens with zero attached hydrogens (tertiary/aromatic N) is 2. The van der Waals surface area contributed by atoms with Crippen LogP contribution in [0.3, 0.4) is 0 Å². The van der Waals surface area contributed by atoms with Crippen LogP contribution in [0.15, 0.2) is 227 Å². The molecule has 0 radical (unpaired) electrons. The second-order valence-corrected chi connectivity index (χ2v) is 15.7. The van der Waals surface area contributed by atoms with Gasteiger partial charge in [0.15, 0.2) is 0 Å². The molecule has 4 aromatic heterocycles. The van der Waals surface area contributed by atoms with E-state index in [1.807, 2.05) is 30.5 Å². The molecule has 0 aliphatic rings. The van der Waals surface area contributed by atoms with E-state index in [1.165, 1.54) is 11.1 Å². The highest BCUT2D eigenvalue weighted by Gasteiger charge is 2.17. The molecule has 0 saturated carbocycles. The van der Waals surface area contributed by atoms with E-state index in [0.29, 0.717) is 0 Å². The topological polar surface area (TPSA) is 52.1 Å². The lowest BCUT2D eigenvalue weighted by Gasteiger charge is -2.12. The number of hydrogen-bond donors (Lipinski definition) is 0. The average Bonchev–Trinajstić information content (AvgIpc) is 3.93.